The van der Waals surface area contributed by atoms with Gasteiger partial charge in [0.1, 0.15) is 6.54 Å². The first kappa shape index (κ1) is 20.9. The maximum absolute atomic E-state index is 12.8. The second-order valence-electron chi connectivity index (χ2n) is 7.22. The van der Waals surface area contributed by atoms with Crippen LogP contribution in [0.5, 0.6) is 0 Å². The third-order valence-electron chi connectivity index (χ3n) is 4.89. The third kappa shape index (κ3) is 5.02. The lowest BCUT2D eigenvalue weighted by Crippen LogP contribution is -2.41. The zero-order chi connectivity index (χ0) is 22.3. The van der Waals surface area contributed by atoms with Crippen molar-refractivity contribution in [3.63, 3.8) is 0 Å². The highest BCUT2D eigenvalue weighted by Gasteiger charge is 2.12. The molecule has 7 nitrogen and oxygen atoms in total. The van der Waals surface area contributed by atoms with E-state index in [1.165, 1.54) is 16.8 Å². The minimum atomic E-state index is -0.535. The van der Waals surface area contributed by atoms with E-state index < -0.39 is 17.2 Å². The summed E-state index contributed by atoms with van der Waals surface area (Å²) in [5.74, 6) is -0.469. The van der Waals surface area contributed by atoms with Crippen LogP contribution in [0.1, 0.15) is 5.56 Å². The highest BCUT2D eigenvalue weighted by molar-refractivity contribution is 5.94. The topological polar surface area (TPSA) is 85.1 Å². The van der Waals surface area contributed by atoms with Gasteiger partial charge in [0.2, 0.25) is 5.91 Å². The molecule has 4 aromatic rings. The molecular weight excluding hydrogens is 404 g/mol. The number of amides is 1. The minimum absolute atomic E-state index is 0.311. The number of para-hydroxylation sites is 3. The molecule has 0 unspecified atom stereocenters. The van der Waals surface area contributed by atoms with E-state index in [1.807, 2.05) is 72.8 Å². The molecule has 7 heteroatoms. The summed E-state index contributed by atoms with van der Waals surface area (Å²) < 4.78 is 2.35. The second kappa shape index (κ2) is 9.61. The number of aromatic nitrogens is 2. The lowest BCUT2D eigenvalue weighted by molar-refractivity contribution is -0.116. The Labute approximate surface area is 184 Å². The Kier molecular flexibility index (Phi) is 6.27. The van der Waals surface area contributed by atoms with Crippen LogP contribution in [0.15, 0.2) is 107 Å². The average Bonchev–Trinajstić information content (AvgIpc) is 2.81. The molecule has 2 N–H and O–H groups in total. The molecule has 0 radical (unpaired) electrons. The molecule has 4 rings (SSSR count). The molecule has 0 fully saturated rings. The summed E-state index contributed by atoms with van der Waals surface area (Å²) in [5.41, 5.74) is 1.99. The zero-order valence-corrected chi connectivity index (χ0v) is 17.3. The molecule has 1 heterocycles. The quantitative estimate of drug-likeness (QED) is 0.474. The average molecular weight is 426 g/mol. The van der Waals surface area contributed by atoms with Crippen LogP contribution in [0.25, 0.3) is 0 Å². The highest BCUT2D eigenvalue weighted by Crippen LogP contribution is 2.25. The van der Waals surface area contributed by atoms with Crippen molar-refractivity contribution < 1.29 is 4.79 Å². The maximum atomic E-state index is 12.8. The van der Waals surface area contributed by atoms with E-state index in [9.17, 15) is 14.4 Å². The number of anilines is 3. The van der Waals surface area contributed by atoms with Gasteiger partial charge >= 0.3 is 5.69 Å². The van der Waals surface area contributed by atoms with Crippen molar-refractivity contribution >= 4 is 23.0 Å². The Hall–Kier alpha value is -4.39. The molecule has 0 aliphatic carbocycles. The molecular formula is C25H22N4O3. The maximum Gasteiger partial charge on any atom is 0.331 e. The fourth-order valence-corrected chi connectivity index (χ4v) is 3.31. The van der Waals surface area contributed by atoms with Crippen molar-refractivity contribution in [3.8, 4) is 0 Å². The fourth-order valence-electron chi connectivity index (χ4n) is 3.31. The van der Waals surface area contributed by atoms with Crippen LogP contribution < -0.4 is 21.9 Å². The first-order chi connectivity index (χ1) is 15.6. The van der Waals surface area contributed by atoms with Crippen molar-refractivity contribution in [2.45, 2.75) is 13.1 Å². The monoisotopic (exact) mass is 426 g/mol. The van der Waals surface area contributed by atoms with Gasteiger partial charge in [-0.2, -0.15) is 0 Å². The molecule has 1 aromatic heterocycles. The predicted molar refractivity (Wildman–Crippen MR) is 125 cm³/mol. The summed E-state index contributed by atoms with van der Waals surface area (Å²) in [6.07, 6.45) is 1.45. The van der Waals surface area contributed by atoms with Gasteiger partial charge in [0.25, 0.3) is 5.56 Å². The van der Waals surface area contributed by atoms with E-state index in [1.54, 1.807) is 12.1 Å². The van der Waals surface area contributed by atoms with Gasteiger partial charge < -0.3 is 10.6 Å². The lowest BCUT2D eigenvalue weighted by atomic mass is 10.2. The standard InChI is InChI=1S/C25H22N4O3/c30-23(27-22-14-8-7-13-21(22)26-20-11-5-2-6-12-20)18-29-24(31)15-16-28(25(29)32)17-19-9-3-1-4-10-19/h1-16,26H,17-18H2,(H,27,30). The van der Waals surface area contributed by atoms with E-state index in [2.05, 4.69) is 10.6 Å². The van der Waals surface area contributed by atoms with Gasteiger partial charge in [0, 0.05) is 18.0 Å². The molecule has 0 atom stereocenters. The van der Waals surface area contributed by atoms with Crippen molar-refractivity contribution in [1.29, 1.82) is 0 Å². The third-order valence-corrected chi connectivity index (χ3v) is 4.89. The molecule has 0 aliphatic rings. The van der Waals surface area contributed by atoms with Crippen molar-refractivity contribution in [2.75, 3.05) is 10.6 Å². The number of carbonyl (C=O) groups is 1. The predicted octanol–water partition coefficient (Wildman–Crippen LogP) is 3.44. The number of nitrogens with one attached hydrogen (secondary N) is 2. The van der Waals surface area contributed by atoms with Gasteiger partial charge in [-0.25, -0.2) is 4.79 Å². The zero-order valence-electron chi connectivity index (χ0n) is 17.3. The summed E-state index contributed by atoms with van der Waals surface area (Å²) in [5, 5.41) is 6.05. The van der Waals surface area contributed by atoms with Crippen LogP contribution in [0.3, 0.4) is 0 Å². The van der Waals surface area contributed by atoms with Crippen molar-refractivity contribution in [2.24, 2.45) is 0 Å². The van der Waals surface area contributed by atoms with E-state index in [0.29, 0.717) is 17.9 Å². The Morgan fingerprint density at radius 3 is 2.09 bits per heavy atom. The minimum Gasteiger partial charge on any atom is -0.354 e. The SMILES string of the molecule is O=C(Cn1c(=O)ccn(Cc2ccccc2)c1=O)Nc1ccccc1Nc1ccccc1. The van der Waals surface area contributed by atoms with Gasteiger partial charge in [-0.15, -0.1) is 0 Å². The van der Waals surface area contributed by atoms with Crippen LogP contribution in [0.4, 0.5) is 17.1 Å². The van der Waals surface area contributed by atoms with Gasteiger partial charge in [0.05, 0.1) is 17.9 Å². The van der Waals surface area contributed by atoms with Gasteiger partial charge in [-0.1, -0.05) is 60.7 Å². The summed E-state index contributed by atoms with van der Waals surface area (Å²) in [6.45, 7) is -0.0711. The van der Waals surface area contributed by atoms with Crippen LogP contribution in [-0.2, 0) is 17.9 Å². The largest absolute Gasteiger partial charge is 0.354 e. The Morgan fingerprint density at radius 2 is 1.38 bits per heavy atom. The number of rotatable bonds is 7. The van der Waals surface area contributed by atoms with Gasteiger partial charge in [-0.05, 0) is 29.8 Å². The molecule has 0 spiro atoms. The smallest absolute Gasteiger partial charge is 0.331 e. The Balaban J connectivity index is 1.52. The van der Waals surface area contributed by atoms with Crippen LogP contribution in [-0.4, -0.2) is 15.0 Å². The van der Waals surface area contributed by atoms with Gasteiger partial charge in [0.15, 0.2) is 0 Å². The number of benzene rings is 3. The number of hydrogen-bond acceptors (Lipinski definition) is 4. The first-order valence-corrected chi connectivity index (χ1v) is 10.2. The molecule has 160 valence electrons. The van der Waals surface area contributed by atoms with Gasteiger partial charge in [-0.3, -0.25) is 18.7 Å². The lowest BCUT2D eigenvalue weighted by Gasteiger charge is -2.14. The van der Waals surface area contributed by atoms with E-state index in [-0.39, 0.29) is 6.54 Å². The normalized spacial score (nSPS) is 10.5. The molecule has 3 aromatic carbocycles. The van der Waals surface area contributed by atoms with E-state index in [4.69, 9.17) is 0 Å². The fraction of sp³-hybridized carbons (Fsp3) is 0.0800. The Morgan fingerprint density at radius 1 is 0.750 bits per heavy atom. The van der Waals surface area contributed by atoms with E-state index >= 15 is 0 Å². The summed E-state index contributed by atoms with van der Waals surface area (Å²) in [7, 11) is 0. The molecule has 1 amide bonds. The van der Waals surface area contributed by atoms with Crippen molar-refractivity contribution in [1.82, 2.24) is 9.13 Å². The summed E-state index contributed by atoms with van der Waals surface area (Å²) >= 11 is 0. The van der Waals surface area contributed by atoms with E-state index in [0.717, 1.165) is 15.8 Å². The number of carbonyl (C=O) groups excluding carboxylic acids is 1. The molecule has 0 saturated heterocycles. The molecule has 0 aliphatic heterocycles. The van der Waals surface area contributed by atoms with Crippen LogP contribution in [0.2, 0.25) is 0 Å². The number of nitrogens with zero attached hydrogens (tertiary/aromatic N) is 2. The Bertz CT molecular complexity index is 1330. The van der Waals surface area contributed by atoms with Crippen LogP contribution >= 0.6 is 0 Å². The van der Waals surface area contributed by atoms with Crippen molar-refractivity contribution in [3.05, 3.63) is 124 Å². The summed E-state index contributed by atoms with van der Waals surface area (Å²) in [6, 6.07) is 27.5. The number of hydrogen-bond donors (Lipinski definition) is 2. The first-order valence-electron chi connectivity index (χ1n) is 10.2. The molecule has 32 heavy (non-hydrogen) atoms. The van der Waals surface area contributed by atoms with Crippen LogP contribution in [0, 0.1) is 0 Å². The summed E-state index contributed by atoms with van der Waals surface area (Å²) in [4.78, 5) is 37.8. The highest BCUT2D eigenvalue weighted by atomic mass is 16.2. The molecule has 0 bridgehead atoms. The second-order valence-corrected chi connectivity index (χ2v) is 7.22. The molecule has 0 saturated carbocycles.